The van der Waals surface area contributed by atoms with Gasteiger partial charge in [-0.25, -0.2) is 4.98 Å². The fourth-order valence-electron chi connectivity index (χ4n) is 8.72. The molecule has 2 heterocycles. The molecule has 0 radical (unpaired) electrons. The van der Waals surface area contributed by atoms with Gasteiger partial charge in [0.15, 0.2) is 0 Å². The molecule has 0 fully saturated rings. The van der Waals surface area contributed by atoms with Crippen molar-refractivity contribution in [2.24, 2.45) is 0 Å². The van der Waals surface area contributed by atoms with Gasteiger partial charge in [-0.3, -0.25) is 0 Å². The van der Waals surface area contributed by atoms with Crippen molar-refractivity contribution in [3.8, 4) is 56.5 Å². The molecular weight excluding hydrogens is 691 g/mol. The van der Waals surface area contributed by atoms with E-state index in [4.69, 9.17) is 4.98 Å². The third-order valence-corrected chi connectivity index (χ3v) is 11.4. The molecule has 2 aromatic heterocycles. The highest BCUT2D eigenvalue weighted by Gasteiger charge is 2.17. The third kappa shape index (κ3) is 5.39. The number of nitrogens with zero attached hydrogens (tertiary/aromatic N) is 3. The predicted octanol–water partition coefficient (Wildman–Crippen LogP) is 14.2. The Bertz CT molecular complexity index is 3390. The van der Waals surface area contributed by atoms with E-state index in [9.17, 15) is 5.26 Å². The Morgan fingerprint density at radius 2 is 0.895 bits per heavy atom. The van der Waals surface area contributed by atoms with Gasteiger partial charge in [-0.15, -0.1) is 0 Å². The number of benzene rings is 9. The van der Waals surface area contributed by atoms with Crippen molar-refractivity contribution >= 4 is 54.1 Å². The first-order valence-electron chi connectivity index (χ1n) is 19.3. The number of hydrogen-bond acceptors (Lipinski definition) is 2. The van der Waals surface area contributed by atoms with Gasteiger partial charge in [0.25, 0.3) is 0 Å². The lowest BCUT2D eigenvalue weighted by molar-refractivity contribution is 1.18. The Morgan fingerprint density at radius 1 is 0.351 bits per heavy atom. The summed E-state index contributed by atoms with van der Waals surface area (Å²) in [5.41, 5.74) is 12.7. The van der Waals surface area contributed by atoms with E-state index in [1.807, 2.05) is 24.3 Å². The zero-order valence-electron chi connectivity index (χ0n) is 30.9. The average molecular weight is 724 g/mol. The third-order valence-electron chi connectivity index (χ3n) is 11.4. The monoisotopic (exact) mass is 723 g/mol. The second kappa shape index (κ2) is 13.2. The van der Waals surface area contributed by atoms with Gasteiger partial charge in [0.2, 0.25) is 0 Å². The Morgan fingerprint density at radius 3 is 1.60 bits per heavy atom. The second-order valence-electron chi connectivity index (χ2n) is 14.6. The minimum absolute atomic E-state index is 0.651. The molecule has 0 spiro atoms. The van der Waals surface area contributed by atoms with Gasteiger partial charge >= 0.3 is 0 Å². The number of hydrogen-bond donors (Lipinski definition) is 0. The fourth-order valence-corrected chi connectivity index (χ4v) is 8.72. The summed E-state index contributed by atoms with van der Waals surface area (Å²) in [5.74, 6) is 0. The molecule has 0 aliphatic rings. The normalized spacial score (nSPS) is 11.5. The molecule has 0 aliphatic heterocycles. The number of para-hydroxylation sites is 1. The standard InChI is InChI=1S/C54H33N3/c55-34-35-22-28-45-46-29-27-39(31-54(46)57(53(45)30-35)40-14-5-2-6-15-40)36-23-25-37(26-24-36)47-32-48-43-18-9-10-19-44(43)50(33-49(48)42-17-8-7-16-41(42)47)52-21-11-20-51(56-52)38-12-3-1-4-13-38/h1-33H. The Balaban J connectivity index is 1.05. The molecule has 0 saturated heterocycles. The first-order valence-corrected chi connectivity index (χ1v) is 19.3. The first kappa shape index (κ1) is 32.6. The van der Waals surface area contributed by atoms with Crippen LogP contribution in [0.5, 0.6) is 0 Å². The molecule has 0 unspecified atom stereocenters. The lowest BCUT2D eigenvalue weighted by Crippen LogP contribution is -1.93. The molecular formula is C54H33N3. The molecule has 3 nitrogen and oxygen atoms in total. The topological polar surface area (TPSA) is 41.6 Å². The van der Waals surface area contributed by atoms with Crippen LogP contribution < -0.4 is 0 Å². The van der Waals surface area contributed by atoms with E-state index in [0.717, 1.165) is 61.1 Å². The highest BCUT2D eigenvalue weighted by atomic mass is 15.0. The number of rotatable bonds is 5. The fraction of sp³-hybridized carbons (Fsp3) is 0. The van der Waals surface area contributed by atoms with E-state index in [1.165, 1.54) is 43.4 Å². The van der Waals surface area contributed by atoms with E-state index < -0.39 is 0 Å². The first-order chi connectivity index (χ1) is 28.2. The van der Waals surface area contributed by atoms with Crippen molar-refractivity contribution in [3.63, 3.8) is 0 Å². The largest absolute Gasteiger partial charge is 0.309 e. The Kier molecular flexibility index (Phi) is 7.55. The molecule has 0 atom stereocenters. The van der Waals surface area contributed by atoms with E-state index in [0.29, 0.717) is 5.56 Å². The van der Waals surface area contributed by atoms with Crippen LogP contribution in [0.1, 0.15) is 5.56 Å². The minimum atomic E-state index is 0.651. The summed E-state index contributed by atoms with van der Waals surface area (Å²) in [7, 11) is 0. The molecule has 11 rings (SSSR count). The maximum Gasteiger partial charge on any atom is 0.0992 e. The SMILES string of the molecule is N#Cc1ccc2c3ccc(-c4ccc(-c5cc6c7ccccc7c(-c7cccc(-c8ccccc8)n7)cc6c6ccccc56)cc4)cc3n(-c3ccccc3)c2c1. The van der Waals surface area contributed by atoms with Crippen LogP contribution >= 0.6 is 0 Å². The maximum atomic E-state index is 9.72. The lowest BCUT2D eigenvalue weighted by Gasteiger charge is -2.16. The van der Waals surface area contributed by atoms with E-state index in [1.54, 1.807) is 0 Å². The van der Waals surface area contributed by atoms with Gasteiger partial charge in [-0.2, -0.15) is 5.26 Å². The van der Waals surface area contributed by atoms with Crippen LogP contribution in [0.4, 0.5) is 0 Å². The van der Waals surface area contributed by atoms with Crippen molar-refractivity contribution in [3.05, 3.63) is 206 Å². The van der Waals surface area contributed by atoms with Gasteiger partial charge in [0, 0.05) is 27.6 Å². The quantitative estimate of drug-likeness (QED) is 0.166. The Labute approximate surface area is 330 Å². The molecule has 0 N–H and O–H groups in total. The van der Waals surface area contributed by atoms with Crippen LogP contribution in [0.25, 0.3) is 105 Å². The average Bonchev–Trinajstić information content (AvgIpc) is 3.62. The van der Waals surface area contributed by atoms with Crippen molar-refractivity contribution in [1.29, 1.82) is 5.26 Å². The van der Waals surface area contributed by atoms with Crippen LogP contribution in [0.15, 0.2) is 200 Å². The Hall–Kier alpha value is -7.80. The number of aromatic nitrogens is 2. The molecule has 264 valence electrons. The molecule has 57 heavy (non-hydrogen) atoms. The van der Waals surface area contributed by atoms with Crippen LogP contribution in [0.3, 0.4) is 0 Å². The van der Waals surface area contributed by atoms with Gasteiger partial charge in [-0.1, -0.05) is 146 Å². The molecule has 0 amide bonds. The van der Waals surface area contributed by atoms with E-state index >= 15 is 0 Å². The van der Waals surface area contributed by atoms with Crippen molar-refractivity contribution in [1.82, 2.24) is 9.55 Å². The summed E-state index contributed by atoms with van der Waals surface area (Å²) in [4.78, 5) is 5.19. The van der Waals surface area contributed by atoms with Crippen LogP contribution in [0, 0.1) is 11.3 Å². The number of nitriles is 1. The smallest absolute Gasteiger partial charge is 0.0992 e. The highest BCUT2D eigenvalue weighted by molar-refractivity contribution is 6.23. The number of fused-ring (bicyclic) bond motifs is 8. The van der Waals surface area contributed by atoms with Crippen molar-refractivity contribution in [2.75, 3.05) is 0 Å². The molecule has 0 aliphatic carbocycles. The zero-order valence-corrected chi connectivity index (χ0v) is 30.9. The summed E-state index contributed by atoms with van der Waals surface area (Å²) < 4.78 is 2.27. The second-order valence-corrected chi connectivity index (χ2v) is 14.6. The van der Waals surface area contributed by atoms with Crippen molar-refractivity contribution < 1.29 is 0 Å². The molecule has 0 bridgehead atoms. The summed E-state index contributed by atoms with van der Waals surface area (Å²) in [6, 6.07) is 73.4. The number of pyridine rings is 1. The summed E-state index contributed by atoms with van der Waals surface area (Å²) in [6.07, 6.45) is 0. The molecule has 11 aromatic rings. The van der Waals surface area contributed by atoms with Gasteiger partial charge in [0.1, 0.15) is 0 Å². The van der Waals surface area contributed by atoms with Gasteiger partial charge in [0.05, 0.1) is 34.1 Å². The summed E-state index contributed by atoms with van der Waals surface area (Å²) in [6.45, 7) is 0. The van der Waals surface area contributed by atoms with Crippen LogP contribution in [0.2, 0.25) is 0 Å². The summed E-state index contributed by atoms with van der Waals surface area (Å²) >= 11 is 0. The van der Waals surface area contributed by atoms with Crippen molar-refractivity contribution in [2.45, 2.75) is 0 Å². The molecule has 0 saturated carbocycles. The predicted molar refractivity (Wildman–Crippen MR) is 238 cm³/mol. The van der Waals surface area contributed by atoms with Gasteiger partial charge < -0.3 is 4.57 Å². The zero-order chi connectivity index (χ0) is 37.9. The molecule has 3 heteroatoms. The maximum absolute atomic E-state index is 9.72. The molecule has 9 aromatic carbocycles. The van der Waals surface area contributed by atoms with Crippen LogP contribution in [-0.2, 0) is 0 Å². The summed E-state index contributed by atoms with van der Waals surface area (Å²) in [5, 5.41) is 19.3. The van der Waals surface area contributed by atoms with E-state index in [-0.39, 0.29) is 0 Å². The van der Waals surface area contributed by atoms with Gasteiger partial charge in [-0.05, 0) is 109 Å². The lowest BCUT2D eigenvalue weighted by atomic mass is 9.88. The highest BCUT2D eigenvalue weighted by Crippen LogP contribution is 2.42. The van der Waals surface area contributed by atoms with E-state index in [2.05, 4.69) is 187 Å². The minimum Gasteiger partial charge on any atom is -0.309 e. The van der Waals surface area contributed by atoms with Crippen LogP contribution in [-0.4, -0.2) is 9.55 Å².